The second kappa shape index (κ2) is 10.2. The molecule has 0 aromatic rings. The van der Waals surface area contributed by atoms with Crippen molar-refractivity contribution in [2.45, 2.75) is 13.8 Å². The Bertz CT molecular complexity index is 166. The highest BCUT2D eigenvalue weighted by molar-refractivity contribution is 5.81. The molecule has 14 heavy (non-hydrogen) atoms. The molecule has 0 unspecified atom stereocenters. The van der Waals surface area contributed by atoms with Crippen LogP contribution in [-0.2, 0) is 19.0 Å². The van der Waals surface area contributed by atoms with Gasteiger partial charge in [-0.25, -0.2) is 4.79 Å². The monoisotopic (exact) mass is 202 g/mol. The van der Waals surface area contributed by atoms with Crippen LogP contribution in [0.15, 0.2) is 12.2 Å². The standard InChI is InChI=1S/C10H18O4/c1-3-12-8-9-13-7-5-6-10(11)14-4-2/h5-6H,3-4,7-9H2,1-2H3/b6-5+. The fraction of sp³-hybridized carbons (Fsp3) is 0.700. The normalized spacial score (nSPS) is 10.7. The van der Waals surface area contributed by atoms with Crippen LogP contribution >= 0.6 is 0 Å². The second-order valence-corrected chi connectivity index (χ2v) is 2.43. The van der Waals surface area contributed by atoms with E-state index >= 15 is 0 Å². The van der Waals surface area contributed by atoms with Crippen LogP contribution in [0.25, 0.3) is 0 Å². The largest absolute Gasteiger partial charge is 0.463 e. The minimum absolute atomic E-state index is 0.332. The van der Waals surface area contributed by atoms with Crippen LogP contribution in [0.3, 0.4) is 0 Å². The number of rotatable bonds is 8. The minimum atomic E-state index is -0.332. The van der Waals surface area contributed by atoms with Crippen molar-refractivity contribution in [1.29, 1.82) is 0 Å². The maximum atomic E-state index is 10.8. The average molecular weight is 202 g/mol. The van der Waals surface area contributed by atoms with Crippen LogP contribution in [0.2, 0.25) is 0 Å². The molecule has 0 N–H and O–H groups in total. The summed E-state index contributed by atoms with van der Waals surface area (Å²) in [5.74, 6) is -0.332. The van der Waals surface area contributed by atoms with Gasteiger partial charge in [0, 0.05) is 12.7 Å². The zero-order chi connectivity index (χ0) is 10.6. The van der Waals surface area contributed by atoms with Gasteiger partial charge in [0.05, 0.1) is 26.4 Å². The molecular formula is C10H18O4. The molecule has 0 fully saturated rings. The van der Waals surface area contributed by atoms with Crippen molar-refractivity contribution in [3.63, 3.8) is 0 Å². The van der Waals surface area contributed by atoms with Crippen molar-refractivity contribution in [2.24, 2.45) is 0 Å². The Morgan fingerprint density at radius 1 is 1.14 bits per heavy atom. The summed E-state index contributed by atoms with van der Waals surface area (Å²) in [7, 11) is 0. The van der Waals surface area contributed by atoms with E-state index in [4.69, 9.17) is 9.47 Å². The van der Waals surface area contributed by atoms with Crippen molar-refractivity contribution in [1.82, 2.24) is 0 Å². The summed E-state index contributed by atoms with van der Waals surface area (Å²) < 4.78 is 14.9. The van der Waals surface area contributed by atoms with E-state index in [1.807, 2.05) is 6.92 Å². The highest BCUT2D eigenvalue weighted by Crippen LogP contribution is 1.83. The molecule has 4 nitrogen and oxygen atoms in total. The summed E-state index contributed by atoms with van der Waals surface area (Å²) in [6.45, 7) is 6.33. The molecule has 0 heterocycles. The van der Waals surface area contributed by atoms with Crippen molar-refractivity contribution in [3.05, 3.63) is 12.2 Å². The van der Waals surface area contributed by atoms with Gasteiger partial charge in [0.1, 0.15) is 0 Å². The first-order valence-electron chi connectivity index (χ1n) is 4.80. The molecule has 0 aliphatic carbocycles. The van der Waals surface area contributed by atoms with Gasteiger partial charge in [-0.15, -0.1) is 0 Å². The smallest absolute Gasteiger partial charge is 0.330 e. The predicted molar refractivity (Wildman–Crippen MR) is 53.1 cm³/mol. The van der Waals surface area contributed by atoms with Gasteiger partial charge in [0.2, 0.25) is 0 Å². The van der Waals surface area contributed by atoms with Crippen LogP contribution in [0.5, 0.6) is 0 Å². The van der Waals surface area contributed by atoms with E-state index in [0.29, 0.717) is 33.0 Å². The number of ether oxygens (including phenoxy) is 3. The first kappa shape index (κ1) is 13.1. The molecule has 0 atom stereocenters. The Hall–Kier alpha value is -0.870. The first-order chi connectivity index (χ1) is 6.81. The number of esters is 1. The third kappa shape index (κ3) is 9.22. The van der Waals surface area contributed by atoms with Crippen LogP contribution in [0.1, 0.15) is 13.8 Å². The maximum Gasteiger partial charge on any atom is 0.330 e. The van der Waals surface area contributed by atoms with Gasteiger partial charge in [-0.3, -0.25) is 0 Å². The van der Waals surface area contributed by atoms with Crippen molar-refractivity contribution < 1.29 is 19.0 Å². The Kier molecular flexibility index (Phi) is 9.58. The van der Waals surface area contributed by atoms with Crippen LogP contribution < -0.4 is 0 Å². The predicted octanol–water partition coefficient (Wildman–Crippen LogP) is 1.16. The zero-order valence-corrected chi connectivity index (χ0v) is 8.82. The Morgan fingerprint density at radius 3 is 2.50 bits per heavy atom. The van der Waals surface area contributed by atoms with E-state index in [0.717, 1.165) is 0 Å². The summed E-state index contributed by atoms with van der Waals surface area (Å²) in [5, 5.41) is 0. The zero-order valence-electron chi connectivity index (χ0n) is 8.82. The summed E-state index contributed by atoms with van der Waals surface area (Å²) in [4.78, 5) is 10.8. The van der Waals surface area contributed by atoms with Gasteiger partial charge in [-0.1, -0.05) is 6.08 Å². The van der Waals surface area contributed by atoms with Crippen molar-refractivity contribution in [3.8, 4) is 0 Å². The minimum Gasteiger partial charge on any atom is -0.463 e. The third-order valence-corrected chi connectivity index (χ3v) is 1.33. The molecule has 0 spiro atoms. The number of carbonyl (C=O) groups is 1. The Balaban J connectivity index is 3.22. The summed E-state index contributed by atoms with van der Waals surface area (Å²) in [5.41, 5.74) is 0. The highest BCUT2D eigenvalue weighted by Gasteiger charge is 1.91. The van der Waals surface area contributed by atoms with Gasteiger partial charge in [-0.05, 0) is 13.8 Å². The Morgan fingerprint density at radius 2 is 1.86 bits per heavy atom. The lowest BCUT2D eigenvalue weighted by Gasteiger charge is -2.00. The molecule has 0 saturated heterocycles. The molecule has 82 valence electrons. The molecule has 0 aliphatic heterocycles. The lowest BCUT2D eigenvalue weighted by atomic mass is 10.5. The van der Waals surface area contributed by atoms with Gasteiger partial charge in [0.15, 0.2) is 0 Å². The van der Waals surface area contributed by atoms with E-state index in [9.17, 15) is 4.79 Å². The molecule has 0 rings (SSSR count). The summed E-state index contributed by atoms with van der Waals surface area (Å²) >= 11 is 0. The van der Waals surface area contributed by atoms with Gasteiger partial charge >= 0.3 is 5.97 Å². The summed E-state index contributed by atoms with van der Waals surface area (Å²) in [6.07, 6.45) is 2.99. The lowest BCUT2D eigenvalue weighted by molar-refractivity contribution is -0.137. The van der Waals surface area contributed by atoms with Gasteiger partial charge in [-0.2, -0.15) is 0 Å². The van der Waals surface area contributed by atoms with Crippen molar-refractivity contribution in [2.75, 3.05) is 33.0 Å². The van der Waals surface area contributed by atoms with Crippen molar-refractivity contribution >= 4 is 5.97 Å². The van der Waals surface area contributed by atoms with Crippen LogP contribution in [0.4, 0.5) is 0 Å². The molecule has 0 aliphatic rings. The molecule has 0 aromatic heterocycles. The number of hydrogen-bond donors (Lipinski definition) is 0. The molecule has 0 bridgehead atoms. The second-order valence-electron chi connectivity index (χ2n) is 2.43. The van der Waals surface area contributed by atoms with Crippen LogP contribution in [0, 0.1) is 0 Å². The van der Waals surface area contributed by atoms with E-state index in [1.54, 1.807) is 13.0 Å². The Labute approximate surface area is 84.8 Å². The van der Waals surface area contributed by atoms with Crippen LogP contribution in [-0.4, -0.2) is 39.0 Å². The van der Waals surface area contributed by atoms with E-state index in [-0.39, 0.29) is 5.97 Å². The topological polar surface area (TPSA) is 44.8 Å². The molecule has 0 aromatic carbocycles. The number of hydrogen-bond acceptors (Lipinski definition) is 4. The molecule has 0 radical (unpaired) electrons. The van der Waals surface area contributed by atoms with Gasteiger partial charge in [0.25, 0.3) is 0 Å². The summed E-state index contributed by atoms with van der Waals surface area (Å²) in [6, 6.07) is 0. The van der Waals surface area contributed by atoms with Gasteiger partial charge < -0.3 is 14.2 Å². The maximum absolute atomic E-state index is 10.8. The highest BCUT2D eigenvalue weighted by atomic mass is 16.5. The van der Waals surface area contributed by atoms with E-state index < -0.39 is 0 Å². The fourth-order valence-corrected chi connectivity index (χ4v) is 0.748. The quantitative estimate of drug-likeness (QED) is 0.336. The molecule has 4 heteroatoms. The van der Waals surface area contributed by atoms with E-state index in [2.05, 4.69) is 4.74 Å². The lowest BCUT2D eigenvalue weighted by Crippen LogP contribution is -2.04. The molecule has 0 amide bonds. The number of carbonyl (C=O) groups excluding carboxylic acids is 1. The van der Waals surface area contributed by atoms with E-state index in [1.165, 1.54) is 6.08 Å². The first-order valence-corrected chi connectivity index (χ1v) is 4.80. The SMILES string of the molecule is CCOCCOC/C=C/C(=O)OCC. The third-order valence-electron chi connectivity index (χ3n) is 1.33. The average Bonchev–Trinajstić information content (AvgIpc) is 2.17. The molecule has 0 saturated carbocycles. The fourth-order valence-electron chi connectivity index (χ4n) is 0.748. The molecular weight excluding hydrogens is 184 g/mol.